The minimum atomic E-state index is -0.296. The average Bonchev–Trinajstić information content (AvgIpc) is 2.86. The van der Waals surface area contributed by atoms with Crippen LogP contribution in [0.4, 0.5) is 8.78 Å². The first-order chi connectivity index (χ1) is 12.1. The third-order valence-electron chi connectivity index (χ3n) is 5.64. The fourth-order valence-corrected chi connectivity index (χ4v) is 4.34. The Morgan fingerprint density at radius 1 is 0.840 bits per heavy atom. The number of piperidine rings is 1. The summed E-state index contributed by atoms with van der Waals surface area (Å²) >= 11 is 0. The molecule has 0 aromatic heterocycles. The lowest BCUT2D eigenvalue weighted by Gasteiger charge is -2.36. The van der Waals surface area contributed by atoms with Gasteiger partial charge in [0, 0.05) is 12.3 Å². The number of nitrogens with zero attached hydrogens (tertiary/aromatic N) is 1. The van der Waals surface area contributed by atoms with E-state index in [0.29, 0.717) is 12.3 Å². The molecule has 3 aliphatic rings. The SMILES string of the molecule is O=C1CC2CCN(CC2)C1C(c1ccc(F)cc1)c1ccc(F)cc1. The lowest BCUT2D eigenvalue weighted by molar-refractivity contribution is -0.123. The highest BCUT2D eigenvalue weighted by Gasteiger charge is 2.41. The van der Waals surface area contributed by atoms with Gasteiger partial charge in [0.05, 0.1) is 6.04 Å². The van der Waals surface area contributed by atoms with Crippen LogP contribution >= 0.6 is 0 Å². The van der Waals surface area contributed by atoms with E-state index in [-0.39, 0.29) is 29.4 Å². The topological polar surface area (TPSA) is 20.3 Å². The van der Waals surface area contributed by atoms with Crippen LogP contribution in [0.25, 0.3) is 0 Å². The zero-order valence-corrected chi connectivity index (χ0v) is 14.0. The van der Waals surface area contributed by atoms with Crippen molar-refractivity contribution < 1.29 is 13.6 Å². The first-order valence-corrected chi connectivity index (χ1v) is 8.89. The maximum atomic E-state index is 13.4. The second kappa shape index (κ2) is 6.68. The van der Waals surface area contributed by atoms with E-state index >= 15 is 0 Å². The predicted octanol–water partition coefficient (Wildman–Crippen LogP) is 4.15. The van der Waals surface area contributed by atoms with E-state index in [0.717, 1.165) is 37.1 Å². The summed E-state index contributed by atoms with van der Waals surface area (Å²) in [5.74, 6) is -0.0647. The van der Waals surface area contributed by atoms with Gasteiger partial charge in [0.15, 0.2) is 5.78 Å². The number of benzene rings is 2. The number of fused-ring (bicyclic) bond motifs is 4. The second-order valence-corrected chi connectivity index (χ2v) is 7.18. The molecule has 2 bridgehead atoms. The van der Waals surface area contributed by atoms with Crippen molar-refractivity contribution in [2.24, 2.45) is 5.92 Å². The summed E-state index contributed by atoms with van der Waals surface area (Å²) in [6.45, 7) is 1.83. The van der Waals surface area contributed by atoms with Crippen LogP contribution in [0.3, 0.4) is 0 Å². The minimum Gasteiger partial charge on any atom is -0.298 e. The van der Waals surface area contributed by atoms with Gasteiger partial charge in [0.1, 0.15) is 11.6 Å². The number of rotatable bonds is 3. The molecule has 0 aliphatic carbocycles. The fourth-order valence-electron chi connectivity index (χ4n) is 4.34. The van der Waals surface area contributed by atoms with E-state index in [1.54, 1.807) is 24.3 Å². The Morgan fingerprint density at radius 3 is 1.80 bits per heavy atom. The van der Waals surface area contributed by atoms with E-state index in [9.17, 15) is 13.6 Å². The largest absolute Gasteiger partial charge is 0.298 e. The summed E-state index contributed by atoms with van der Waals surface area (Å²) in [6, 6.07) is 12.4. The summed E-state index contributed by atoms with van der Waals surface area (Å²) in [4.78, 5) is 15.3. The van der Waals surface area contributed by atoms with Gasteiger partial charge in [-0.15, -0.1) is 0 Å². The van der Waals surface area contributed by atoms with Crippen LogP contribution in [-0.2, 0) is 4.79 Å². The summed E-state index contributed by atoms with van der Waals surface area (Å²) in [6.07, 6.45) is 2.73. The highest BCUT2D eigenvalue weighted by atomic mass is 19.1. The van der Waals surface area contributed by atoms with Crippen LogP contribution in [0.1, 0.15) is 36.3 Å². The number of ketones is 1. The van der Waals surface area contributed by atoms with Crippen LogP contribution in [0.2, 0.25) is 0 Å². The van der Waals surface area contributed by atoms with E-state index in [1.165, 1.54) is 24.3 Å². The molecule has 0 saturated carbocycles. The van der Waals surface area contributed by atoms with Gasteiger partial charge in [0.25, 0.3) is 0 Å². The summed E-state index contributed by atoms with van der Waals surface area (Å²) < 4.78 is 26.8. The molecule has 5 rings (SSSR count). The molecule has 1 atom stereocenters. The third-order valence-corrected chi connectivity index (χ3v) is 5.64. The van der Waals surface area contributed by atoms with Gasteiger partial charge >= 0.3 is 0 Å². The molecule has 0 N–H and O–H groups in total. The molecule has 0 spiro atoms. The normalized spacial score (nSPS) is 26.0. The van der Waals surface area contributed by atoms with E-state index in [4.69, 9.17) is 0 Å². The molecule has 1 unspecified atom stereocenters. The average molecular weight is 341 g/mol. The molecule has 2 aromatic carbocycles. The van der Waals surface area contributed by atoms with E-state index in [2.05, 4.69) is 4.90 Å². The van der Waals surface area contributed by atoms with Gasteiger partial charge in [-0.25, -0.2) is 8.78 Å². The van der Waals surface area contributed by atoms with Crippen molar-refractivity contribution in [2.75, 3.05) is 13.1 Å². The molecule has 3 heterocycles. The molecule has 25 heavy (non-hydrogen) atoms. The van der Waals surface area contributed by atoms with Crippen LogP contribution < -0.4 is 0 Å². The van der Waals surface area contributed by atoms with Crippen LogP contribution in [0, 0.1) is 17.6 Å². The molecular formula is C21H21F2NO. The van der Waals surface area contributed by atoms with Gasteiger partial charge in [-0.05, 0) is 67.2 Å². The smallest absolute Gasteiger partial charge is 0.151 e. The lowest BCUT2D eigenvalue weighted by atomic mass is 9.82. The number of Topliss-reactive ketones (excluding diaryl/α,β-unsaturated/α-hetero) is 1. The van der Waals surface area contributed by atoms with Crippen molar-refractivity contribution in [1.82, 2.24) is 4.90 Å². The standard InChI is InChI=1S/C21H21F2NO/c22-17-5-1-15(2-6-17)20(16-3-7-18(23)8-4-16)21-19(25)13-14-9-11-24(21)12-10-14/h1-8,14,20-21H,9-13H2. The second-order valence-electron chi connectivity index (χ2n) is 7.18. The number of carbonyl (C=O) groups is 1. The van der Waals surface area contributed by atoms with Gasteiger partial charge in [-0.3, -0.25) is 9.69 Å². The Bertz CT molecular complexity index is 703. The summed E-state index contributed by atoms with van der Waals surface area (Å²) in [5, 5.41) is 0. The molecule has 2 aromatic rings. The predicted molar refractivity (Wildman–Crippen MR) is 92.4 cm³/mol. The van der Waals surface area contributed by atoms with Gasteiger partial charge in [-0.2, -0.15) is 0 Å². The number of hydrogen-bond donors (Lipinski definition) is 0. The highest BCUT2D eigenvalue weighted by molar-refractivity contribution is 5.86. The lowest BCUT2D eigenvalue weighted by Crippen LogP contribution is -2.45. The Balaban J connectivity index is 1.80. The maximum absolute atomic E-state index is 13.4. The first-order valence-electron chi connectivity index (χ1n) is 8.89. The Hall–Kier alpha value is -2.07. The number of halogens is 2. The van der Waals surface area contributed by atoms with E-state index < -0.39 is 0 Å². The zero-order valence-electron chi connectivity index (χ0n) is 14.0. The minimum absolute atomic E-state index is 0.203. The summed E-state index contributed by atoms with van der Waals surface area (Å²) in [7, 11) is 0. The molecule has 3 saturated heterocycles. The number of carbonyl (C=O) groups excluding carboxylic acids is 1. The van der Waals surface area contributed by atoms with Crippen molar-refractivity contribution in [3.8, 4) is 0 Å². The molecule has 3 fully saturated rings. The van der Waals surface area contributed by atoms with Crippen molar-refractivity contribution in [2.45, 2.75) is 31.2 Å². The van der Waals surface area contributed by atoms with Gasteiger partial charge in [-0.1, -0.05) is 24.3 Å². The van der Waals surface area contributed by atoms with Crippen LogP contribution in [0.5, 0.6) is 0 Å². The monoisotopic (exact) mass is 341 g/mol. The van der Waals surface area contributed by atoms with Crippen molar-refractivity contribution >= 4 is 5.78 Å². The summed E-state index contributed by atoms with van der Waals surface area (Å²) in [5.41, 5.74) is 1.80. The maximum Gasteiger partial charge on any atom is 0.151 e. The number of hydrogen-bond acceptors (Lipinski definition) is 2. The Morgan fingerprint density at radius 2 is 1.32 bits per heavy atom. The van der Waals surface area contributed by atoms with E-state index in [1.807, 2.05) is 0 Å². The van der Waals surface area contributed by atoms with Crippen molar-refractivity contribution in [3.63, 3.8) is 0 Å². The zero-order chi connectivity index (χ0) is 17.4. The molecule has 0 radical (unpaired) electrons. The molecule has 130 valence electrons. The quantitative estimate of drug-likeness (QED) is 0.836. The van der Waals surface area contributed by atoms with Crippen LogP contribution in [0.15, 0.2) is 48.5 Å². The molecular weight excluding hydrogens is 320 g/mol. The first kappa shape index (κ1) is 16.4. The van der Waals surface area contributed by atoms with Crippen LogP contribution in [-0.4, -0.2) is 29.8 Å². The van der Waals surface area contributed by atoms with Crippen molar-refractivity contribution in [1.29, 1.82) is 0 Å². The molecule has 4 heteroatoms. The Labute approximate surface area is 146 Å². The fraction of sp³-hybridized carbons (Fsp3) is 0.381. The Kier molecular flexibility index (Phi) is 4.38. The molecule has 0 amide bonds. The molecule has 3 aliphatic heterocycles. The molecule has 2 nitrogen and oxygen atoms in total. The van der Waals surface area contributed by atoms with Crippen molar-refractivity contribution in [3.05, 3.63) is 71.3 Å². The van der Waals surface area contributed by atoms with Gasteiger partial charge in [0.2, 0.25) is 0 Å². The third kappa shape index (κ3) is 3.23. The highest BCUT2D eigenvalue weighted by Crippen LogP contribution is 2.38. The van der Waals surface area contributed by atoms with Gasteiger partial charge < -0.3 is 0 Å².